The number of nitrogens with zero attached hydrogens (tertiary/aromatic N) is 4. The third-order valence-corrected chi connectivity index (χ3v) is 5.70. The summed E-state index contributed by atoms with van der Waals surface area (Å²) < 4.78 is 0. The number of hydrogen-bond donors (Lipinski definition) is 0. The Balaban J connectivity index is 1.69. The predicted octanol–water partition coefficient (Wildman–Crippen LogP) is 2.68. The first kappa shape index (κ1) is 18.8. The van der Waals surface area contributed by atoms with E-state index in [4.69, 9.17) is 0 Å². The van der Waals surface area contributed by atoms with Crippen LogP contribution in [0.5, 0.6) is 0 Å². The highest BCUT2D eigenvalue weighted by Crippen LogP contribution is 2.39. The summed E-state index contributed by atoms with van der Waals surface area (Å²) in [7, 11) is 0. The van der Waals surface area contributed by atoms with Gasteiger partial charge in [0.2, 0.25) is 5.91 Å². The quantitative estimate of drug-likeness (QED) is 0.830. The van der Waals surface area contributed by atoms with E-state index in [0.29, 0.717) is 23.7 Å². The standard InChI is InChI=1S/C20H30N4O2/c1-15(2)6-10-23-13-20(8-5-18(23)25)7-4-9-24(14-20)19(26)17-11-21-16(3)22-12-17/h11-12,15H,4-10,13-14H2,1-3H3. The number of carbonyl (C=O) groups excluding carboxylic acids is 2. The molecule has 2 fully saturated rings. The van der Waals surface area contributed by atoms with E-state index in [1.54, 1.807) is 12.4 Å². The molecule has 0 N–H and O–H groups in total. The van der Waals surface area contributed by atoms with Gasteiger partial charge in [-0.1, -0.05) is 13.8 Å². The third kappa shape index (κ3) is 4.22. The molecule has 3 heterocycles. The minimum Gasteiger partial charge on any atom is -0.342 e. The molecule has 2 amide bonds. The first-order valence-electron chi connectivity index (χ1n) is 9.74. The number of piperidine rings is 2. The van der Waals surface area contributed by atoms with Crippen molar-refractivity contribution < 1.29 is 9.59 Å². The highest BCUT2D eigenvalue weighted by Gasteiger charge is 2.42. The van der Waals surface area contributed by atoms with Crippen LogP contribution < -0.4 is 0 Å². The van der Waals surface area contributed by atoms with Gasteiger partial charge in [-0.15, -0.1) is 0 Å². The van der Waals surface area contributed by atoms with Gasteiger partial charge in [-0.3, -0.25) is 9.59 Å². The van der Waals surface area contributed by atoms with Crippen LogP contribution in [-0.2, 0) is 4.79 Å². The van der Waals surface area contributed by atoms with Crippen molar-refractivity contribution in [2.24, 2.45) is 11.3 Å². The van der Waals surface area contributed by atoms with Crippen LogP contribution in [0.3, 0.4) is 0 Å². The fourth-order valence-electron chi connectivity index (χ4n) is 4.12. The lowest BCUT2D eigenvalue weighted by Crippen LogP contribution is -2.55. The molecule has 6 heteroatoms. The Bertz CT molecular complexity index is 658. The smallest absolute Gasteiger partial charge is 0.257 e. The van der Waals surface area contributed by atoms with Crippen LogP contribution in [0.2, 0.25) is 0 Å². The van der Waals surface area contributed by atoms with Crippen molar-refractivity contribution >= 4 is 11.8 Å². The monoisotopic (exact) mass is 358 g/mol. The van der Waals surface area contributed by atoms with Gasteiger partial charge in [0, 0.05) is 50.4 Å². The van der Waals surface area contributed by atoms with Crippen molar-refractivity contribution in [2.45, 2.75) is 52.9 Å². The third-order valence-electron chi connectivity index (χ3n) is 5.70. The second-order valence-corrected chi connectivity index (χ2v) is 8.35. The van der Waals surface area contributed by atoms with Gasteiger partial charge in [0.15, 0.2) is 0 Å². The van der Waals surface area contributed by atoms with Crippen molar-refractivity contribution in [3.63, 3.8) is 0 Å². The fourth-order valence-corrected chi connectivity index (χ4v) is 4.12. The van der Waals surface area contributed by atoms with E-state index in [2.05, 4.69) is 23.8 Å². The maximum absolute atomic E-state index is 12.9. The van der Waals surface area contributed by atoms with E-state index < -0.39 is 0 Å². The predicted molar refractivity (Wildman–Crippen MR) is 99.6 cm³/mol. The van der Waals surface area contributed by atoms with E-state index in [1.165, 1.54) is 0 Å². The van der Waals surface area contributed by atoms with E-state index >= 15 is 0 Å². The van der Waals surface area contributed by atoms with Crippen molar-refractivity contribution in [3.05, 3.63) is 23.8 Å². The van der Waals surface area contributed by atoms with Crippen LogP contribution in [0.25, 0.3) is 0 Å². The van der Waals surface area contributed by atoms with Gasteiger partial charge in [0.05, 0.1) is 5.56 Å². The Morgan fingerprint density at radius 1 is 1.23 bits per heavy atom. The van der Waals surface area contributed by atoms with Gasteiger partial charge < -0.3 is 9.80 Å². The highest BCUT2D eigenvalue weighted by atomic mass is 16.2. The number of amides is 2. The number of hydrogen-bond acceptors (Lipinski definition) is 4. The van der Waals surface area contributed by atoms with Crippen LogP contribution >= 0.6 is 0 Å². The van der Waals surface area contributed by atoms with E-state index in [0.717, 1.165) is 51.9 Å². The lowest BCUT2D eigenvalue weighted by atomic mass is 9.73. The number of likely N-dealkylation sites (tertiary alicyclic amines) is 2. The molecule has 0 aromatic carbocycles. The minimum atomic E-state index is 0.00899. The minimum absolute atomic E-state index is 0.00899. The van der Waals surface area contributed by atoms with Crippen LogP contribution in [0.1, 0.15) is 62.1 Å². The number of rotatable bonds is 4. The Morgan fingerprint density at radius 3 is 2.65 bits per heavy atom. The van der Waals surface area contributed by atoms with Gasteiger partial charge >= 0.3 is 0 Å². The van der Waals surface area contributed by atoms with Crippen molar-refractivity contribution in [2.75, 3.05) is 26.2 Å². The molecule has 142 valence electrons. The molecule has 2 aliphatic rings. The van der Waals surface area contributed by atoms with Gasteiger partial charge in [-0.05, 0) is 38.5 Å². The number of carbonyl (C=O) groups is 2. The molecule has 1 spiro atoms. The summed E-state index contributed by atoms with van der Waals surface area (Å²) >= 11 is 0. The van der Waals surface area contributed by atoms with Gasteiger partial charge in [-0.25, -0.2) is 9.97 Å². The second kappa shape index (κ2) is 7.72. The van der Waals surface area contributed by atoms with Gasteiger partial charge in [0.25, 0.3) is 5.91 Å². The van der Waals surface area contributed by atoms with Crippen LogP contribution in [0, 0.1) is 18.3 Å². The van der Waals surface area contributed by atoms with Gasteiger partial charge in [0.1, 0.15) is 5.82 Å². The lowest BCUT2D eigenvalue weighted by molar-refractivity contribution is -0.139. The molecular formula is C20H30N4O2. The molecule has 1 atom stereocenters. The Morgan fingerprint density at radius 2 is 1.96 bits per heavy atom. The summed E-state index contributed by atoms with van der Waals surface area (Å²) in [5, 5.41) is 0. The van der Waals surface area contributed by atoms with Crippen LogP contribution in [-0.4, -0.2) is 57.8 Å². The summed E-state index contributed by atoms with van der Waals surface area (Å²) in [4.78, 5) is 37.5. The second-order valence-electron chi connectivity index (χ2n) is 8.35. The number of aromatic nitrogens is 2. The number of aryl methyl sites for hydroxylation is 1. The molecular weight excluding hydrogens is 328 g/mol. The first-order valence-corrected chi connectivity index (χ1v) is 9.74. The topological polar surface area (TPSA) is 66.4 Å². The van der Waals surface area contributed by atoms with Crippen LogP contribution in [0.15, 0.2) is 12.4 Å². The first-order chi connectivity index (χ1) is 12.4. The average molecular weight is 358 g/mol. The molecule has 6 nitrogen and oxygen atoms in total. The largest absolute Gasteiger partial charge is 0.342 e. The highest BCUT2D eigenvalue weighted by molar-refractivity contribution is 5.93. The van der Waals surface area contributed by atoms with E-state index in [1.807, 2.05) is 16.7 Å². The molecule has 1 aromatic rings. The zero-order chi connectivity index (χ0) is 18.7. The summed E-state index contributed by atoms with van der Waals surface area (Å²) in [5.41, 5.74) is 0.598. The zero-order valence-corrected chi connectivity index (χ0v) is 16.2. The average Bonchev–Trinajstić information content (AvgIpc) is 2.63. The maximum Gasteiger partial charge on any atom is 0.257 e. The Hall–Kier alpha value is -1.98. The molecule has 1 aromatic heterocycles. The summed E-state index contributed by atoms with van der Waals surface area (Å²) in [6.07, 6.45) is 7.84. The zero-order valence-electron chi connectivity index (χ0n) is 16.2. The molecule has 3 rings (SSSR count). The van der Waals surface area contributed by atoms with Crippen molar-refractivity contribution in [3.8, 4) is 0 Å². The Labute approximate surface area is 156 Å². The molecule has 0 radical (unpaired) electrons. The van der Waals surface area contributed by atoms with Crippen LogP contribution in [0.4, 0.5) is 0 Å². The van der Waals surface area contributed by atoms with Crippen molar-refractivity contribution in [1.29, 1.82) is 0 Å². The fraction of sp³-hybridized carbons (Fsp3) is 0.700. The summed E-state index contributed by atoms with van der Waals surface area (Å²) in [6.45, 7) is 9.31. The summed E-state index contributed by atoms with van der Waals surface area (Å²) in [6, 6.07) is 0. The molecule has 2 saturated heterocycles. The van der Waals surface area contributed by atoms with Crippen molar-refractivity contribution in [1.82, 2.24) is 19.8 Å². The molecule has 0 aliphatic carbocycles. The molecule has 0 saturated carbocycles. The normalized spacial score (nSPS) is 23.8. The van der Waals surface area contributed by atoms with Gasteiger partial charge in [-0.2, -0.15) is 0 Å². The molecule has 1 unspecified atom stereocenters. The molecule has 0 bridgehead atoms. The molecule has 26 heavy (non-hydrogen) atoms. The Kier molecular flexibility index (Phi) is 5.58. The maximum atomic E-state index is 12.9. The summed E-state index contributed by atoms with van der Waals surface area (Å²) in [5.74, 6) is 1.54. The van der Waals surface area contributed by atoms with E-state index in [-0.39, 0.29) is 17.2 Å². The molecule has 2 aliphatic heterocycles. The SMILES string of the molecule is Cc1ncc(C(=O)N2CCCC3(CCC(=O)N(CCC(C)C)C3)C2)cn1. The lowest BCUT2D eigenvalue weighted by Gasteiger charge is -2.48. The van der Waals surface area contributed by atoms with E-state index in [9.17, 15) is 9.59 Å².